The molecule has 12 N–H and O–H groups in total. The summed E-state index contributed by atoms with van der Waals surface area (Å²) < 4.78 is 0. The summed E-state index contributed by atoms with van der Waals surface area (Å²) in [5.41, 5.74) is 1.00. The predicted octanol–water partition coefficient (Wildman–Crippen LogP) is 20.6. The first kappa shape index (κ1) is 201. The molecule has 0 amide bonds. The second-order valence-electron chi connectivity index (χ2n) is 6.71. The van der Waals surface area contributed by atoms with Gasteiger partial charge in [0.1, 0.15) is 0 Å². The topological polar surface area (TPSA) is 140 Å². The van der Waals surface area contributed by atoms with Crippen LogP contribution in [0, 0.1) is 41.9 Å². The third kappa shape index (κ3) is 104000. The summed E-state index contributed by atoms with van der Waals surface area (Å²) in [5, 5.41) is 0. The Labute approximate surface area is 344 Å². The monoisotopic (exact) mass is 930 g/mol. The average molecular weight is 930 g/mol. The van der Waals surface area contributed by atoms with Gasteiger partial charge in [0, 0.05) is 39.5 Å². The van der Waals surface area contributed by atoms with Crippen LogP contribution in [0.3, 0.4) is 0 Å². The largest absolute Gasteiger partial charge is 0.344 e. The summed E-state index contributed by atoms with van der Waals surface area (Å²) in [4.78, 5) is 0. The summed E-state index contributed by atoms with van der Waals surface area (Å²) in [5.74, 6) is 0. The molecule has 0 aromatic heterocycles. The van der Waals surface area contributed by atoms with Crippen molar-refractivity contribution in [1.29, 1.82) is 0 Å². The second-order valence-corrected chi connectivity index (χ2v) is 6.71. The fraction of sp³-hybridized carbons (Fsp3) is 1.00. The van der Waals surface area contributed by atoms with Crippen LogP contribution in [0.5, 0.6) is 0 Å². The molecule has 0 spiro atoms. The molecule has 6 heteroatoms. The van der Waals surface area contributed by atoms with Crippen LogP contribution in [0.4, 0.5) is 0 Å². The average Bonchev–Trinajstić information content (AvgIpc) is 2.96. The zero-order chi connectivity index (χ0) is 35.7. The molecule has 0 aromatic carbocycles. The Kier molecular flexibility index (Phi) is 2170. The first-order valence-electron chi connectivity index (χ1n) is 17.4. The zero-order valence-corrected chi connectivity index (χ0v) is 43.8. The van der Waals surface area contributed by atoms with Crippen molar-refractivity contribution in [1.82, 2.24) is 24.6 Å². The molecule has 0 aliphatic heterocycles. The maximum Gasteiger partial charge on any atom is 0 e. The van der Waals surface area contributed by atoms with Gasteiger partial charge in [-0.05, 0) is 10.8 Å². The Morgan fingerprint density at radius 2 is 0.255 bits per heavy atom. The third-order valence-corrected chi connectivity index (χ3v) is 0. The van der Waals surface area contributed by atoms with Gasteiger partial charge in [-0.15, -0.1) is 0 Å². The van der Waals surface area contributed by atoms with E-state index in [1.165, 1.54) is 6.42 Å². The van der Waals surface area contributed by atoms with Gasteiger partial charge in [0.05, 0.1) is 0 Å². The minimum absolute atomic E-state index is 0. The molecular weight excluding hydrogens is 797 g/mol. The maximum atomic E-state index is 2.19. The molecule has 0 aliphatic carbocycles. The molecule has 4 nitrogen and oxygen atoms in total. The van der Waals surface area contributed by atoms with Crippen LogP contribution < -0.4 is 24.6 Å². The molecule has 0 heterocycles. The number of rotatable bonds is 0. The van der Waals surface area contributed by atoms with Crippen LogP contribution in [-0.2, 0) is 0 Å². The van der Waals surface area contributed by atoms with E-state index in [-0.39, 0.29) is 93.8 Å². The van der Waals surface area contributed by atoms with Crippen molar-refractivity contribution in [3.05, 3.63) is 0 Å². The minimum Gasteiger partial charge on any atom is -0.344 e. The summed E-state index contributed by atoms with van der Waals surface area (Å²) >= 11 is 0. The van der Waals surface area contributed by atoms with Crippen molar-refractivity contribution in [2.45, 2.75) is 272 Å². The van der Waals surface area contributed by atoms with Crippen molar-refractivity contribution < 1.29 is 31.1 Å². The standard InChI is InChI=1S/2C5H12.C3H8.12C2H6.4CH4.B.4H3N.U/c2*1-5(2,3)4;1-3-2;12*1-2;;;;;;;;;;/h2*1-4H3;3H2,1-2H3;12*1-2H3;4*1H4;;4*1H3;. The molecule has 0 atom stereocenters. The van der Waals surface area contributed by atoms with E-state index in [9.17, 15) is 0 Å². The molecule has 0 aliphatic rings. The Morgan fingerprint density at radius 1 is 0.255 bits per heavy atom. The van der Waals surface area contributed by atoms with Gasteiger partial charge in [0.25, 0.3) is 0 Å². The van der Waals surface area contributed by atoms with E-state index >= 15 is 0 Å². The molecule has 0 rings (SSSR count). The molecule has 323 valence electrons. The van der Waals surface area contributed by atoms with Crippen molar-refractivity contribution in [3.63, 3.8) is 0 Å². The van der Waals surface area contributed by atoms with Gasteiger partial charge in [0.2, 0.25) is 0 Å². The second kappa shape index (κ2) is 509. The molecule has 0 aromatic rings. The van der Waals surface area contributed by atoms with Crippen molar-refractivity contribution in [2.24, 2.45) is 10.8 Å². The third-order valence-electron chi connectivity index (χ3n) is 0. The van der Waals surface area contributed by atoms with Crippen molar-refractivity contribution in [3.8, 4) is 0 Å². The fourth-order valence-electron chi connectivity index (χ4n) is 0. The molecular formula is C41H132BN4U. The van der Waals surface area contributed by atoms with E-state index in [0.717, 1.165) is 0 Å². The quantitative estimate of drug-likeness (QED) is 0.180. The molecule has 3 radical (unpaired) electrons. The Morgan fingerprint density at radius 3 is 0.255 bits per heavy atom. The van der Waals surface area contributed by atoms with Gasteiger partial charge in [-0.2, -0.15) is 0 Å². The molecule has 47 heavy (non-hydrogen) atoms. The van der Waals surface area contributed by atoms with E-state index in [2.05, 4.69) is 69.2 Å². The number of hydrogen-bond donors (Lipinski definition) is 4. The Balaban J connectivity index is -0.00000000481. The van der Waals surface area contributed by atoms with E-state index in [1.54, 1.807) is 0 Å². The van der Waals surface area contributed by atoms with Gasteiger partial charge in [0.15, 0.2) is 0 Å². The van der Waals surface area contributed by atoms with Crippen LogP contribution in [0.1, 0.15) is 272 Å². The first-order chi connectivity index (χ1) is 17.4. The number of hydrogen-bond acceptors (Lipinski definition) is 4. The van der Waals surface area contributed by atoms with Crippen LogP contribution >= 0.6 is 0 Å². The summed E-state index contributed by atoms with van der Waals surface area (Å²) in [6.07, 6.45) is 1.25. The van der Waals surface area contributed by atoms with Crippen LogP contribution in [0.25, 0.3) is 0 Å². The fourth-order valence-corrected chi connectivity index (χ4v) is 0. The van der Waals surface area contributed by atoms with Gasteiger partial charge in [-0.25, -0.2) is 0 Å². The van der Waals surface area contributed by atoms with Gasteiger partial charge >= 0.3 is 0 Å². The van der Waals surface area contributed by atoms with Crippen LogP contribution in [0.15, 0.2) is 0 Å². The molecule has 0 fully saturated rings. The summed E-state index contributed by atoms with van der Waals surface area (Å²) in [6.45, 7) is 69.8. The van der Waals surface area contributed by atoms with E-state index in [0.29, 0.717) is 10.8 Å². The summed E-state index contributed by atoms with van der Waals surface area (Å²) in [6, 6.07) is 0. The minimum atomic E-state index is 0. The first-order valence-corrected chi connectivity index (χ1v) is 17.4. The molecule has 0 saturated carbocycles. The molecule has 0 unspecified atom stereocenters. The normalized spacial score (nSPS) is 4.47. The van der Waals surface area contributed by atoms with Crippen LogP contribution in [0.2, 0.25) is 0 Å². The van der Waals surface area contributed by atoms with E-state index in [1.807, 2.05) is 166 Å². The SMILES string of the molecule is C.C.C.C.CC.CC.CC.CC.CC.CC.CC.CC.CC.CC.CC.CC.CC(C)(C)C.CC(C)(C)C.CCC.N.N.N.N.[B].[U]. The van der Waals surface area contributed by atoms with E-state index in [4.69, 9.17) is 0 Å². The maximum absolute atomic E-state index is 2.19. The Hall–Kier alpha value is 0.957. The van der Waals surface area contributed by atoms with Crippen molar-refractivity contribution >= 4 is 8.41 Å². The summed E-state index contributed by atoms with van der Waals surface area (Å²) in [7, 11) is 0. The predicted molar refractivity (Wildman–Crippen MR) is 255 cm³/mol. The Bertz CT molecular complexity index is 86.6. The van der Waals surface area contributed by atoms with E-state index < -0.39 is 0 Å². The van der Waals surface area contributed by atoms with Gasteiger partial charge < -0.3 is 24.6 Å². The smallest absolute Gasteiger partial charge is 0 e. The van der Waals surface area contributed by atoms with Crippen molar-refractivity contribution in [2.75, 3.05) is 0 Å². The molecule has 0 bridgehead atoms. The molecule has 0 saturated heterocycles. The van der Waals surface area contributed by atoms with Gasteiger partial charge in [-0.1, -0.05) is 272 Å². The van der Waals surface area contributed by atoms with Gasteiger partial charge in [-0.3, -0.25) is 0 Å². The van der Waals surface area contributed by atoms with Crippen LogP contribution in [-0.4, -0.2) is 8.41 Å². The zero-order valence-electron chi connectivity index (χ0n) is 39.6.